The molecule has 6 atom stereocenters. The quantitative estimate of drug-likeness (QED) is 0.0150. The normalized spacial score (nSPS) is 12.2. The van der Waals surface area contributed by atoms with E-state index in [1.165, 1.54) is 27.9 Å². The third kappa shape index (κ3) is 44.4. The number of amides is 9. The monoisotopic (exact) mass is 1380 g/mol. The van der Waals surface area contributed by atoms with Gasteiger partial charge < -0.3 is 91.6 Å². The molecule has 98 heavy (non-hydrogen) atoms. The van der Waals surface area contributed by atoms with Gasteiger partial charge in [0.05, 0.1) is 91.9 Å². The summed E-state index contributed by atoms with van der Waals surface area (Å²) in [5.41, 5.74) is 18.7. The van der Waals surface area contributed by atoms with Gasteiger partial charge in [-0.15, -0.1) is 0 Å². The average molecular weight is 1380 g/mol. The molecule has 12 N–H and O–H groups in total. The van der Waals surface area contributed by atoms with Crippen LogP contribution in [0, 0.1) is 0 Å². The number of hydrogen-bond acceptors (Lipinski definition) is 20. The standard InChI is InChI=1S/2C21H30N6O7.C20H29N3O7/c2*1-15(28)25-17(13-16-5-3-2-4-6-16)21(32)26-18(14-19(29)30)20(31)23-7-9-33-11-12-34-10-8-24-27-22;1-14(24)22-16(12-15-6-4-3-5-7-15)20(28)23-17(13-18(25)26)19(27)21-8-9-30-11-10-29-2/h2*2-6,17-18H,7-14H2,1H3,(H,23,31)(H,25,28)(H,26,32)(H,29,30);3-7,16-17H,8-13H2,1-2H3,(H,21,27)(H,22,24)(H,23,28)(H,25,26)/t17-,18+;17-,18-;16-,17+/m101/s1. The molecule has 0 aliphatic rings. The minimum absolute atomic E-state index is 0.0860. The van der Waals surface area contributed by atoms with Crippen LogP contribution in [0.3, 0.4) is 0 Å². The minimum Gasteiger partial charge on any atom is -0.481 e. The Kier molecular flexibility index (Phi) is 47.1. The lowest BCUT2D eigenvalue weighted by Crippen LogP contribution is -2.55. The van der Waals surface area contributed by atoms with Crippen molar-refractivity contribution in [2.75, 3.05) is 113 Å². The van der Waals surface area contributed by atoms with E-state index in [0.29, 0.717) is 13.2 Å². The predicted octanol–water partition coefficient (Wildman–Crippen LogP) is -0.222. The number of benzene rings is 3. The first-order chi connectivity index (χ1) is 47.0. The third-order valence-electron chi connectivity index (χ3n) is 12.6. The second kappa shape index (κ2) is 53.9. The topological polar surface area (TPSA) is 527 Å². The Bertz CT molecular complexity index is 2880. The van der Waals surface area contributed by atoms with Crippen LogP contribution in [-0.2, 0) is 105 Å². The highest BCUT2D eigenvalue weighted by molar-refractivity contribution is 5.96. The lowest BCUT2D eigenvalue weighted by atomic mass is 10.0. The fourth-order valence-electron chi connectivity index (χ4n) is 8.18. The second-order valence-electron chi connectivity index (χ2n) is 20.6. The molecule has 3 rings (SSSR count). The molecule has 3 aromatic rings. The zero-order chi connectivity index (χ0) is 72.7. The zero-order valence-corrected chi connectivity index (χ0v) is 55.1. The summed E-state index contributed by atoms with van der Waals surface area (Å²) in [6.07, 6.45) is -1.31. The van der Waals surface area contributed by atoms with Gasteiger partial charge in [-0.05, 0) is 27.8 Å². The number of carboxylic acids is 3. The molecule has 36 heteroatoms. The maximum atomic E-state index is 12.8. The maximum Gasteiger partial charge on any atom is 0.305 e. The first kappa shape index (κ1) is 85.7. The van der Waals surface area contributed by atoms with Gasteiger partial charge in [-0.1, -0.05) is 101 Å². The van der Waals surface area contributed by atoms with Crippen LogP contribution in [0.25, 0.3) is 20.9 Å². The van der Waals surface area contributed by atoms with E-state index in [0.717, 1.165) is 16.7 Å². The van der Waals surface area contributed by atoms with Gasteiger partial charge in [-0.3, -0.25) is 57.5 Å². The summed E-state index contributed by atoms with van der Waals surface area (Å²) in [4.78, 5) is 149. The highest BCUT2D eigenvalue weighted by Gasteiger charge is 2.31. The molecule has 36 nitrogen and oxygen atoms in total. The van der Waals surface area contributed by atoms with Crippen LogP contribution in [0.1, 0.15) is 56.7 Å². The molecule has 0 saturated heterocycles. The van der Waals surface area contributed by atoms with Crippen LogP contribution >= 0.6 is 0 Å². The number of carbonyl (C=O) groups is 12. The van der Waals surface area contributed by atoms with Gasteiger partial charge in [0.2, 0.25) is 53.2 Å². The highest BCUT2D eigenvalue weighted by atomic mass is 16.5. The number of carbonyl (C=O) groups excluding carboxylic acids is 9. The molecule has 0 aromatic heterocycles. The number of rotatable bonds is 48. The van der Waals surface area contributed by atoms with Crippen molar-refractivity contribution in [1.82, 2.24) is 47.9 Å². The molecule has 3 aromatic carbocycles. The van der Waals surface area contributed by atoms with Crippen molar-refractivity contribution in [3.05, 3.63) is 129 Å². The molecule has 0 spiro atoms. The van der Waals surface area contributed by atoms with Crippen LogP contribution in [0.4, 0.5) is 0 Å². The van der Waals surface area contributed by atoms with Gasteiger partial charge in [0.15, 0.2) is 0 Å². The SMILES string of the molecule is CC(=O)N[C@@H](Cc1ccccc1)C(=O)N[C@@H](CC(=O)O)C(=O)NCCOCCOCCN=[N+]=[N-].CC(=O)N[C@H](Cc1ccccc1)C(=O)N[C@@H](CC(=O)O)C(=O)NCCOCCOCCN=[N+]=[N-].COCCOCCNC(=O)[C@H](CC(=O)O)NC(=O)[C@@H](Cc1ccccc1)NC(C)=O. The van der Waals surface area contributed by atoms with Crippen molar-refractivity contribution in [1.29, 1.82) is 0 Å². The molecule has 9 amide bonds. The molecule has 0 fully saturated rings. The van der Waals surface area contributed by atoms with E-state index in [9.17, 15) is 57.5 Å². The first-order valence-electron chi connectivity index (χ1n) is 30.7. The van der Waals surface area contributed by atoms with Crippen molar-refractivity contribution in [2.45, 2.75) is 95.5 Å². The summed E-state index contributed by atoms with van der Waals surface area (Å²) >= 11 is 0. The van der Waals surface area contributed by atoms with Gasteiger partial charge in [0, 0.05) is 89.7 Å². The predicted molar refractivity (Wildman–Crippen MR) is 349 cm³/mol. The number of nitrogens with one attached hydrogen (secondary N) is 9. The molecule has 0 aliphatic heterocycles. The molecule has 0 unspecified atom stereocenters. The Balaban J connectivity index is 0.000000737. The molecular weight excluding hydrogens is 1290 g/mol. The second-order valence-corrected chi connectivity index (χ2v) is 20.6. The smallest absolute Gasteiger partial charge is 0.305 e. The number of ether oxygens (including phenoxy) is 6. The average Bonchev–Trinajstić information content (AvgIpc) is 0.911. The van der Waals surface area contributed by atoms with Crippen molar-refractivity contribution in [3.63, 3.8) is 0 Å². The van der Waals surface area contributed by atoms with E-state index in [1.54, 1.807) is 72.8 Å². The Morgan fingerprint density at radius 2 is 0.622 bits per heavy atom. The molecule has 0 radical (unpaired) electrons. The van der Waals surface area contributed by atoms with E-state index >= 15 is 0 Å². The van der Waals surface area contributed by atoms with Crippen molar-refractivity contribution < 1.29 is 101 Å². The lowest BCUT2D eigenvalue weighted by Gasteiger charge is -2.22. The van der Waals surface area contributed by atoms with Gasteiger partial charge in [0.1, 0.15) is 36.3 Å². The Morgan fingerprint density at radius 1 is 0.367 bits per heavy atom. The third-order valence-corrected chi connectivity index (χ3v) is 12.6. The fourth-order valence-corrected chi connectivity index (χ4v) is 8.18. The number of nitrogens with zero attached hydrogens (tertiary/aromatic N) is 6. The minimum atomic E-state index is -1.33. The Labute approximate surface area is 565 Å². The maximum absolute atomic E-state index is 12.8. The van der Waals surface area contributed by atoms with Crippen LogP contribution in [0.2, 0.25) is 0 Å². The Hall–Kier alpha value is -10.3. The van der Waals surface area contributed by atoms with Gasteiger partial charge in [-0.2, -0.15) is 0 Å². The summed E-state index contributed by atoms with van der Waals surface area (Å²) in [6.45, 7) is 7.41. The molecule has 0 heterocycles. The zero-order valence-electron chi connectivity index (χ0n) is 55.1. The lowest BCUT2D eigenvalue weighted by molar-refractivity contribution is -0.141. The number of carboxylic acid groups (broad SMARTS) is 3. The van der Waals surface area contributed by atoms with E-state index in [-0.39, 0.29) is 111 Å². The molecule has 0 bridgehead atoms. The summed E-state index contributed by atoms with van der Waals surface area (Å²) in [5, 5.41) is 56.4. The van der Waals surface area contributed by atoms with Crippen molar-refractivity contribution in [3.8, 4) is 0 Å². The van der Waals surface area contributed by atoms with E-state index in [1.807, 2.05) is 18.2 Å². The highest BCUT2D eigenvalue weighted by Crippen LogP contribution is 2.09. The number of azide groups is 2. The first-order valence-corrected chi connectivity index (χ1v) is 30.7. The molecular formula is C62H89N15O21. The molecule has 538 valence electrons. The van der Waals surface area contributed by atoms with E-state index in [4.69, 9.17) is 54.8 Å². The number of aliphatic carboxylic acids is 3. The number of methoxy groups -OCH3 is 1. The summed E-state index contributed by atoms with van der Waals surface area (Å²) in [7, 11) is 1.54. The van der Waals surface area contributed by atoms with Gasteiger partial charge >= 0.3 is 17.9 Å². The Morgan fingerprint density at radius 3 is 0.857 bits per heavy atom. The fraction of sp³-hybridized carbons (Fsp3) is 0.516. The number of hydrogen-bond donors (Lipinski definition) is 12. The van der Waals surface area contributed by atoms with E-state index in [2.05, 4.69) is 67.9 Å². The van der Waals surface area contributed by atoms with Crippen LogP contribution in [0.5, 0.6) is 0 Å². The van der Waals surface area contributed by atoms with Crippen LogP contribution in [-0.4, -0.2) is 235 Å². The summed E-state index contributed by atoms with van der Waals surface area (Å²) in [6, 6.07) is 20.1. The summed E-state index contributed by atoms with van der Waals surface area (Å²) in [5.74, 6) is -9.09. The molecule has 0 aliphatic carbocycles. The van der Waals surface area contributed by atoms with Crippen LogP contribution < -0.4 is 47.9 Å². The molecule has 0 saturated carbocycles. The van der Waals surface area contributed by atoms with Crippen molar-refractivity contribution in [2.24, 2.45) is 10.2 Å². The van der Waals surface area contributed by atoms with Crippen molar-refractivity contribution >= 4 is 71.1 Å². The van der Waals surface area contributed by atoms with Crippen LogP contribution in [0.15, 0.2) is 101 Å². The van der Waals surface area contributed by atoms with E-state index < -0.39 is 127 Å². The largest absolute Gasteiger partial charge is 0.481 e. The summed E-state index contributed by atoms with van der Waals surface area (Å²) < 4.78 is 31.0. The van der Waals surface area contributed by atoms with Gasteiger partial charge in [0.25, 0.3) is 0 Å². The van der Waals surface area contributed by atoms with Gasteiger partial charge in [-0.25, -0.2) is 0 Å².